The largest absolute Gasteiger partial charge is 0.338 e. The summed E-state index contributed by atoms with van der Waals surface area (Å²) >= 11 is 2.42. The number of hydrogen-bond donors (Lipinski definition) is 0. The van der Waals surface area contributed by atoms with Crippen LogP contribution in [0.4, 0.5) is 5.69 Å². The first kappa shape index (κ1) is 28.6. The SMILES string of the molecule is Cc1ccc(N(CC(C)CN2CC3CN(C(=O)c4c(C)cccc4C)CC3C2)C(=O)C2CCCC2)cc1CI. The van der Waals surface area contributed by atoms with Crippen LogP contribution in [0, 0.1) is 44.4 Å². The Hall–Kier alpha value is -1.93. The van der Waals surface area contributed by atoms with Crippen LogP contribution in [-0.4, -0.2) is 60.9 Å². The second kappa shape index (κ2) is 12.3. The minimum Gasteiger partial charge on any atom is -0.338 e. The summed E-state index contributed by atoms with van der Waals surface area (Å²) in [4.78, 5) is 33.8. The maximum atomic E-state index is 13.7. The quantitative estimate of drug-likeness (QED) is 0.247. The summed E-state index contributed by atoms with van der Waals surface area (Å²) in [5.74, 6) is 2.17. The van der Waals surface area contributed by atoms with Gasteiger partial charge in [0.15, 0.2) is 0 Å². The fourth-order valence-corrected chi connectivity index (χ4v) is 8.03. The van der Waals surface area contributed by atoms with Crippen molar-refractivity contribution in [2.24, 2.45) is 23.7 Å². The Balaban J connectivity index is 1.21. The number of anilines is 1. The van der Waals surface area contributed by atoms with Crippen LogP contribution in [0.25, 0.3) is 0 Å². The number of benzene rings is 2. The molecule has 3 aliphatic rings. The number of alkyl halides is 1. The molecule has 5 nitrogen and oxygen atoms in total. The Kier molecular flexibility index (Phi) is 9.01. The van der Waals surface area contributed by atoms with E-state index in [2.05, 4.69) is 69.3 Å². The van der Waals surface area contributed by atoms with Gasteiger partial charge in [0, 0.05) is 60.9 Å². The molecule has 0 bridgehead atoms. The van der Waals surface area contributed by atoms with Crippen LogP contribution >= 0.6 is 22.6 Å². The van der Waals surface area contributed by atoms with Crippen molar-refractivity contribution in [1.82, 2.24) is 9.80 Å². The van der Waals surface area contributed by atoms with Crippen LogP contribution in [0.2, 0.25) is 0 Å². The summed E-state index contributed by atoms with van der Waals surface area (Å²) in [6.45, 7) is 14.1. The minimum absolute atomic E-state index is 0.174. The second-order valence-electron chi connectivity index (χ2n) is 12.5. The van der Waals surface area contributed by atoms with Crippen molar-refractivity contribution in [2.75, 3.05) is 44.2 Å². The van der Waals surface area contributed by atoms with E-state index in [0.29, 0.717) is 23.7 Å². The van der Waals surface area contributed by atoms with Crippen molar-refractivity contribution >= 4 is 40.1 Å². The number of amides is 2. The van der Waals surface area contributed by atoms with E-state index in [-0.39, 0.29) is 11.8 Å². The van der Waals surface area contributed by atoms with Crippen LogP contribution in [-0.2, 0) is 9.22 Å². The number of fused-ring (bicyclic) bond motifs is 1. The van der Waals surface area contributed by atoms with E-state index in [4.69, 9.17) is 0 Å². The van der Waals surface area contributed by atoms with Crippen LogP contribution in [0.5, 0.6) is 0 Å². The highest BCUT2D eigenvalue weighted by Crippen LogP contribution is 2.34. The molecule has 210 valence electrons. The van der Waals surface area contributed by atoms with Crippen molar-refractivity contribution in [1.29, 1.82) is 0 Å². The van der Waals surface area contributed by atoms with Gasteiger partial charge >= 0.3 is 0 Å². The van der Waals surface area contributed by atoms with E-state index in [1.54, 1.807) is 0 Å². The van der Waals surface area contributed by atoms with E-state index in [0.717, 1.165) is 78.9 Å². The average molecular weight is 642 g/mol. The summed E-state index contributed by atoms with van der Waals surface area (Å²) in [6, 6.07) is 12.7. The Morgan fingerprint density at radius 3 is 2.21 bits per heavy atom. The number of nitrogens with zero attached hydrogens (tertiary/aromatic N) is 3. The first-order valence-corrected chi connectivity index (χ1v) is 16.3. The molecule has 1 aliphatic carbocycles. The van der Waals surface area contributed by atoms with Crippen molar-refractivity contribution < 1.29 is 9.59 Å². The van der Waals surface area contributed by atoms with Gasteiger partial charge in [0.2, 0.25) is 5.91 Å². The molecule has 0 radical (unpaired) electrons. The predicted molar refractivity (Wildman–Crippen MR) is 168 cm³/mol. The molecule has 0 aromatic heterocycles. The molecular formula is C33H44IN3O2. The number of likely N-dealkylation sites (tertiary alicyclic amines) is 2. The van der Waals surface area contributed by atoms with Crippen LogP contribution in [0.15, 0.2) is 36.4 Å². The molecule has 2 heterocycles. The number of rotatable bonds is 8. The van der Waals surface area contributed by atoms with Gasteiger partial charge in [-0.05, 0) is 85.8 Å². The zero-order valence-electron chi connectivity index (χ0n) is 24.1. The molecule has 2 aliphatic heterocycles. The van der Waals surface area contributed by atoms with Crippen LogP contribution in [0.3, 0.4) is 0 Å². The van der Waals surface area contributed by atoms with Gasteiger partial charge in [0.1, 0.15) is 0 Å². The second-order valence-corrected chi connectivity index (χ2v) is 13.3. The molecule has 3 fully saturated rings. The number of aryl methyl sites for hydroxylation is 3. The fourth-order valence-electron chi connectivity index (χ4n) is 7.21. The number of hydrogen-bond acceptors (Lipinski definition) is 3. The average Bonchev–Trinajstić information content (AvgIpc) is 3.65. The lowest BCUT2D eigenvalue weighted by atomic mass is 10.0. The molecular weight excluding hydrogens is 597 g/mol. The topological polar surface area (TPSA) is 43.9 Å². The van der Waals surface area contributed by atoms with Crippen molar-refractivity contribution in [2.45, 2.75) is 57.8 Å². The first-order valence-electron chi connectivity index (χ1n) is 14.8. The summed E-state index contributed by atoms with van der Waals surface area (Å²) in [5.41, 5.74) is 6.71. The van der Waals surface area contributed by atoms with E-state index in [9.17, 15) is 9.59 Å². The lowest BCUT2D eigenvalue weighted by molar-refractivity contribution is -0.122. The monoisotopic (exact) mass is 641 g/mol. The summed E-state index contributed by atoms with van der Waals surface area (Å²) in [7, 11) is 0. The molecule has 3 unspecified atom stereocenters. The first-order chi connectivity index (χ1) is 18.7. The van der Waals surface area contributed by atoms with E-state index in [1.807, 2.05) is 32.0 Å². The van der Waals surface area contributed by atoms with Crippen molar-refractivity contribution in [3.63, 3.8) is 0 Å². The third kappa shape index (κ3) is 6.22. The molecule has 1 saturated carbocycles. The molecule has 0 spiro atoms. The van der Waals surface area contributed by atoms with E-state index in [1.165, 1.54) is 24.0 Å². The smallest absolute Gasteiger partial charge is 0.254 e. The lowest BCUT2D eigenvalue weighted by Gasteiger charge is -2.31. The minimum atomic E-state index is 0.174. The molecule has 5 rings (SSSR count). The number of carbonyl (C=O) groups excluding carboxylic acids is 2. The summed E-state index contributed by atoms with van der Waals surface area (Å²) in [6.07, 6.45) is 4.40. The molecule has 6 heteroatoms. The Morgan fingerprint density at radius 1 is 0.949 bits per heavy atom. The van der Waals surface area contributed by atoms with Gasteiger partial charge in [-0.15, -0.1) is 0 Å². The number of halogens is 1. The van der Waals surface area contributed by atoms with Crippen molar-refractivity contribution in [3.8, 4) is 0 Å². The normalized spacial score (nSPS) is 22.3. The Morgan fingerprint density at radius 2 is 1.59 bits per heavy atom. The van der Waals surface area contributed by atoms with Gasteiger partial charge in [0.05, 0.1) is 0 Å². The van der Waals surface area contributed by atoms with Crippen LogP contribution in [0.1, 0.15) is 65.2 Å². The zero-order valence-corrected chi connectivity index (χ0v) is 26.2. The zero-order chi connectivity index (χ0) is 27.7. The third-order valence-electron chi connectivity index (χ3n) is 9.37. The highest BCUT2D eigenvalue weighted by atomic mass is 127. The number of carbonyl (C=O) groups is 2. The van der Waals surface area contributed by atoms with Gasteiger partial charge in [-0.1, -0.05) is 66.6 Å². The van der Waals surface area contributed by atoms with E-state index >= 15 is 0 Å². The maximum Gasteiger partial charge on any atom is 0.254 e. The highest BCUT2D eigenvalue weighted by Gasteiger charge is 2.42. The Labute approximate surface area is 248 Å². The predicted octanol–water partition coefficient (Wildman–Crippen LogP) is 6.41. The summed E-state index contributed by atoms with van der Waals surface area (Å²) in [5, 5.41) is 0. The standard InChI is InChI=1S/C33H44IN3O2/c1-22(17-37(32(38)26-10-5-6-11-26)30-13-12-23(2)27(14-30)15-34)16-35-18-28-20-36(21-29(28)19-35)33(39)31-24(3)8-7-9-25(31)4/h7-9,12-14,22,26,28-29H,5-6,10-11,15-21H2,1-4H3. The van der Waals surface area contributed by atoms with Gasteiger partial charge in [-0.25, -0.2) is 0 Å². The molecule has 2 amide bonds. The molecule has 2 aromatic rings. The van der Waals surface area contributed by atoms with Crippen LogP contribution < -0.4 is 4.90 Å². The van der Waals surface area contributed by atoms with Gasteiger partial charge in [-0.2, -0.15) is 0 Å². The molecule has 39 heavy (non-hydrogen) atoms. The maximum absolute atomic E-state index is 13.7. The van der Waals surface area contributed by atoms with Gasteiger partial charge in [0.25, 0.3) is 5.91 Å². The molecule has 0 N–H and O–H groups in total. The fraction of sp³-hybridized carbons (Fsp3) is 0.576. The molecule has 3 atom stereocenters. The lowest BCUT2D eigenvalue weighted by Crippen LogP contribution is -2.41. The van der Waals surface area contributed by atoms with Gasteiger partial charge < -0.3 is 14.7 Å². The highest BCUT2D eigenvalue weighted by molar-refractivity contribution is 14.1. The van der Waals surface area contributed by atoms with Crippen molar-refractivity contribution in [3.05, 3.63) is 64.2 Å². The molecule has 2 saturated heterocycles. The van der Waals surface area contributed by atoms with Gasteiger partial charge in [-0.3, -0.25) is 9.59 Å². The summed E-state index contributed by atoms with van der Waals surface area (Å²) < 4.78 is 0.956. The third-order valence-corrected chi connectivity index (χ3v) is 10.2. The Bertz CT molecular complexity index is 1170. The van der Waals surface area contributed by atoms with E-state index < -0.39 is 0 Å². The molecule has 2 aromatic carbocycles.